The fraction of sp³-hybridized carbons (Fsp3) is 0.844. The molecule has 19 heteroatoms. The maximum atomic E-state index is 13.1. The number of carbonyl (C=O) groups excluding carboxylic acids is 4. The van der Waals surface area contributed by atoms with E-state index in [4.69, 9.17) is 37.0 Å². The van der Waals surface area contributed by atoms with Crippen molar-refractivity contribution in [1.82, 2.24) is 0 Å². The van der Waals surface area contributed by atoms with Gasteiger partial charge in [0.25, 0.3) is 0 Å². The highest BCUT2D eigenvalue weighted by molar-refractivity contribution is 7.47. The van der Waals surface area contributed by atoms with Crippen LogP contribution in [0, 0.1) is 0 Å². The molecule has 0 fully saturated rings. The Balaban J connectivity index is 5.30. The highest BCUT2D eigenvalue weighted by Gasteiger charge is 2.30. The zero-order valence-electron chi connectivity index (χ0n) is 61.3. The van der Waals surface area contributed by atoms with Gasteiger partial charge in [-0.1, -0.05) is 301 Å². The van der Waals surface area contributed by atoms with Crippen molar-refractivity contribution in [1.29, 1.82) is 0 Å². The van der Waals surface area contributed by atoms with Crippen molar-refractivity contribution in [3.05, 3.63) is 48.6 Å². The molecule has 3 N–H and O–H groups in total. The quantitative estimate of drug-likeness (QED) is 0.0169. The van der Waals surface area contributed by atoms with Crippen LogP contribution < -0.4 is 0 Å². The number of esters is 4. The third-order valence-electron chi connectivity index (χ3n) is 16.8. The fourth-order valence-corrected chi connectivity index (χ4v) is 12.5. The van der Waals surface area contributed by atoms with Crippen molar-refractivity contribution in [3.63, 3.8) is 0 Å². The Hall–Kier alpha value is -2.98. The Labute approximate surface area is 585 Å². The number of hydrogen-bond donors (Lipinski definition) is 3. The minimum Gasteiger partial charge on any atom is -0.462 e. The molecule has 96 heavy (non-hydrogen) atoms. The first-order valence-corrected chi connectivity index (χ1v) is 41.9. The third-order valence-corrected chi connectivity index (χ3v) is 18.7. The van der Waals surface area contributed by atoms with Crippen molar-refractivity contribution in [3.8, 4) is 0 Å². The minimum absolute atomic E-state index is 0.0986. The lowest BCUT2D eigenvalue weighted by molar-refractivity contribution is -0.161. The van der Waals surface area contributed by atoms with Crippen molar-refractivity contribution in [2.45, 2.75) is 380 Å². The van der Waals surface area contributed by atoms with E-state index in [0.29, 0.717) is 25.7 Å². The second-order valence-electron chi connectivity index (χ2n) is 26.3. The summed E-state index contributed by atoms with van der Waals surface area (Å²) in [7, 11) is -9.93. The topological polar surface area (TPSA) is 237 Å². The van der Waals surface area contributed by atoms with Gasteiger partial charge in [-0.15, -0.1) is 0 Å². The lowest BCUT2D eigenvalue weighted by atomic mass is 10.0. The first-order chi connectivity index (χ1) is 46.7. The highest BCUT2D eigenvalue weighted by Crippen LogP contribution is 2.45. The molecule has 0 spiro atoms. The Morgan fingerprint density at radius 1 is 0.302 bits per heavy atom. The zero-order valence-corrected chi connectivity index (χ0v) is 63.1. The number of aliphatic hydroxyl groups excluding tert-OH is 1. The number of carbonyl (C=O) groups is 4. The molecule has 5 atom stereocenters. The second-order valence-corrected chi connectivity index (χ2v) is 29.2. The standard InChI is InChI=1S/C77H142O17P2/c1-5-9-13-17-21-25-29-32-35-38-42-45-49-53-57-61-74(79)87-67-72(93-76(81)63-59-55-51-47-41-28-24-20-16-12-8-4)69-91-95(83,84)89-65-71(78)66-90-96(85,86)92-70-73(94-77(82)64-60-56-52-48-44-40-37-34-31-27-23-19-15-11-7-3)68-88-75(80)62-58-54-50-46-43-39-36-33-30-26-22-18-14-10-6-2/h10,14,22,26,32-33,35-36,71-73,78H,5-9,11-13,15-21,23-25,27-31,34,37-70H2,1-4H3,(H,83,84)(H,85,86)/b14-10-,26-22-,35-32-,36-33-. The normalized spacial score (nSPS) is 14.2. The van der Waals surface area contributed by atoms with Crippen LogP contribution in [0.4, 0.5) is 0 Å². The number of hydrogen-bond acceptors (Lipinski definition) is 15. The first-order valence-electron chi connectivity index (χ1n) is 38.9. The lowest BCUT2D eigenvalue weighted by Crippen LogP contribution is -2.30. The molecular formula is C77H142O17P2. The van der Waals surface area contributed by atoms with E-state index < -0.39 is 97.5 Å². The SMILES string of the molecule is CC/C=C\C/C=C\C/C=C\CCCCCCCC(=O)OCC(COP(=O)(O)OCC(O)COP(=O)(O)OCC(COC(=O)CCCCCCC/C=C\CCCCCCCC)OC(=O)CCCCCCCCCCCCC)OC(=O)CCCCCCCCCCCCCCCCC. The first kappa shape index (κ1) is 93.0. The largest absolute Gasteiger partial charge is 0.472 e. The molecule has 5 unspecified atom stereocenters. The Bertz CT molecular complexity index is 2010. The number of phosphoric ester groups is 2. The number of phosphoric acid groups is 2. The molecule has 0 saturated carbocycles. The summed E-state index contributed by atoms with van der Waals surface area (Å²) in [5, 5.41) is 10.6. The number of ether oxygens (including phenoxy) is 4. The summed E-state index contributed by atoms with van der Waals surface area (Å²) in [5.41, 5.74) is 0. The average Bonchev–Trinajstić information content (AvgIpc) is 1.09. The smallest absolute Gasteiger partial charge is 0.462 e. The van der Waals surface area contributed by atoms with Crippen LogP contribution in [0.3, 0.4) is 0 Å². The molecular weight excluding hydrogens is 1260 g/mol. The van der Waals surface area contributed by atoms with Gasteiger partial charge >= 0.3 is 39.5 Å². The Kier molecular flexibility index (Phi) is 68.3. The van der Waals surface area contributed by atoms with Gasteiger partial charge in [0, 0.05) is 25.7 Å². The molecule has 562 valence electrons. The van der Waals surface area contributed by atoms with Gasteiger partial charge in [-0.05, 0) is 83.5 Å². The van der Waals surface area contributed by atoms with Gasteiger partial charge in [-0.3, -0.25) is 37.3 Å². The van der Waals surface area contributed by atoms with Gasteiger partial charge < -0.3 is 33.8 Å². The maximum absolute atomic E-state index is 13.1. The average molecular weight is 1400 g/mol. The van der Waals surface area contributed by atoms with Crippen LogP contribution in [0.25, 0.3) is 0 Å². The summed E-state index contributed by atoms with van der Waals surface area (Å²) in [5.74, 6) is -2.16. The third kappa shape index (κ3) is 69.5. The van der Waals surface area contributed by atoms with Crippen molar-refractivity contribution in [2.24, 2.45) is 0 Å². The summed E-state index contributed by atoms with van der Waals surface area (Å²) in [6, 6.07) is 0. The number of aliphatic hydroxyl groups is 1. The Morgan fingerprint density at radius 3 is 0.844 bits per heavy atom. The molecule has 0 heterocycles. The fourth-order valence-electron chi connectivity index (χ4n) is 10.9. The van der Waals surface area contributed by atoms with Crippen LogP contribution in [0.5, 0.6) is 0 Å². The molecule has 0 aliphatic carbocycles. The van der Waals surface area contributed by atoms with Crippen LogP contribution in [0.15, 0.2) is 48.6 Å². The van der Waals surface area contributed by atoms with Crippen LogP contribution >= 0.6 is 15.6 Å². The molecule has 0 aromatic rings. The molecule has 0 radical (unpaired) electrons. The monoisotopic (exact) mass is 1400 g/mol. The summed E-state index contributed by atoms with van der Waals surface area (Å²) in [6.07, 6.45) is 66.7. The predicted molar refractivity (Wildman–Crippen MR) is 390 cm³/mol. The lowest BCUT2D eigenvalue weighted by Gasteiger charge is -2.21. The summed E-state index contributed by atoms with van der Waals surface area (Å²) >= 11 is 0. The number of allylic oxidation sites excluding steroid dienone is 8. The van der Waals surface area contributed by atoms with E-state index in [9.17, 15) is 43.2 Å². The molecule has 0 bridgehead atoms. The van der Waals surface area contributed by atoms with Gasteiger partial charge in [0.15, 0.2) is 12.2 Å². The molecule has 0 aliphatic heterocycles. The molecule has 0 saturated heterocycles. The van der Waals surface area contributed by atoms with E-state index in [1.807, 2.05) is 0 Å². The van der Waals surface area contributed by atoms with Gasteiger partial charge in [0.05, 0.1) is 26.4 Å². The van der Waals surface area contributed by atoms with E-state index in [1.165, 1.54) is 141 Å². The number of unbranched alkanes of at least 4 members (excludes halogenated alkanes) is 40. The summed E-state index contributed by atoms with van der Waals surface area (Å²) in [6.45, 7) is 4.80. The van der Waals surface area contributed by atoms with E-state index in [2.05, 4.69) is 76.3 Å². The second kappa shape index (κ2) is 70.5. The van der Waals surface area contributed by atoms with Crippen LogP contribution in [0.1, 0.15) is 362 Å². The zero-order chi connectivity index (χ0) is 70.4. The number of rotatable bonds is 74. The van der Waals surface area contributed by atoms with Crippen molar-refractivity contribution in [2.75, 3.05) is 39.6 Å². The van der Waals surface area contributed by atoms with Gasteiger partial charge in [-0.25, -0.2) is 9.13 Å². The van der Waals surface area contributed by atoms with Crippen molar-refractivity contribution >= 4 is 39.5 Å². The van der Waals surface area contributed by atoms with E-state index in [-0.39, 0.29) is 25.7 Å². The molecule has 0 rings (SSSR count). The molecule has 17 nitrogen and oxygen atoms in total. The highest BCUT2D eigenvalue weighted by atomic mass is 31.2. The predicted octanol–water partition coefficient (Wildman–Crippen LogP) is 22.1. The molecule has 0 amide bonds. The minimum atomic E-state index is -4.97. The van der Waals surface area contributed by atoms with E-state index in [1.54, 1.807) is 0 Å². The van der Waals surface area contributed by atoms with E-state index in [0.717, 1.165) is 141 Å². The van der Waals surface area contributed by atoms with Crippen LogP contribution in [-0.2, 0) is 65.4 Å². The van der Waals surface area contributed by atoms with Crippen LogP contribution in [0.2, 0.25) is 0 Å². The maximum Gasteiger partial charge on any atom is 0.472 e. The van der Waals surface area contributed by atoms with Crippen molar-refractivity contribution < 1.29 is 80.2 Å². The molecule has 0 aliphatic rings. The van der Waals surface area contributed by atoms with E-state index >= 15 is 0 Å². The van der Waals surface area contributed by atoms with Crippen LogP contribution in [-0.4, -0.2) is 96.7 Å². The molecule has 0 aromatic carbocycles. The van der Waals surface area contributed by atoms with Gasteiger partial charge in [0.2, 0.25) is 0 Å². The van der Waals surface area contributed by atoms with Gasteiger partial charge in [-0.2, -0.15) is 0 Å². The Morgan fingerprint density at radius 2 is 0.542 bits per heavy atom. The van der Waals surface area contributed by atoms with Gasteiger partial charge in [0.1, 0.15) is 19.3 Å². The summed E-state index contributed by atoms with van der Waals surface area (Å²) < 4.78 is 68.5. The summed E-state index contributed by atoms with van der Waals surface area (Å²) in [4.78, 5) is 72.8. The molecule has 0 aromatic heterocycles.